The molecule has 0 atom stereocenters. The van der Waals surface area contributed by atoms with E-state index in [1.807, 2.05) is 14.0 Å². The van der Waals surface area contributed by atoms with Gasteiger partial charge in [-0.2, -0.15) is 0 Å². The van der Waals surface area contributed by atoms with Gasteiger partial charge in [0.25, 0.3) is 10.0 Å². The van der Waals surface area contributed by atoms with E-state index in [2.05, 4.69) is 15.0 Å². The first kappa shape index (κ1) is 13.5. The van der Waals surface area contributed by atoms with Crippen molar-refractivity contribution in [2.75, 3.05) is 11.8 Å². The molecule has 0 radical (unpaired) electrons. The Bertz CT molecular complexity index is 617. The third-order valence-corrected chi connectivity index (χ3v) is 6.12. The zero-order chi connectivity index (χ0) is 13.2. The SMILES string of the molecule is CNCc1sc(S(=O)(=O)Nc2nccs2)cc1C. The van der Waals surface area contributed by atoms with Crippen molar-refractivity contribution in [3.8, 4) is 0 Å². The van der Waals surface area contributed by atoms with Gasteiger partial charge in [-0.3, -0.25) is 4.72 Å². The standard InChI is InChI=1S/C10H13N3O2S3/c1-7-5-9(17-8(7)6-11-2)18(14,15)13-10-12-3-4-16-10/h3-5,11H,6H2,1-2H3,(H,12,13). The maximum Gasteiger partial charge on any atom is 0.273 e. The fourth-order valence-electron chi connectivity index (χ4n) is 1.40. The highest BCUT2D eigenvalue weighted by molar-refractivity contribution is 7.94. The van der Waals surface area contributed by atoms with Gasteiger partial charge in [0.15, 0.2) is 5.13 Å². The fourth-order valence-corrected chi connectivity index (χ4v) is 4.79. The lowest BCUT2D eigenvalue weighted by Gasteiger charge is -2.01. The molecule has 8 heteroatoms. The molecule has 0 aromatic carbocycles. The Balaban J connectivity index is 2.27. The van der Waals surface area contributed by atoms with Crippen molar-refractivity contribution in [1.29, 1.82) is 0 Å². The predicted octanol–water partition coefficient (Wildman–Crippen LogP) is 2.03. The maximum atomic E-state index is 12.1. The second-order valence-electron chi connectivity index (χ2n) is 3.64. The maximum absolute atomic E-state index is 12.1. The van der Waals surface area contributed by atoms with Crippen LogP contribution in [0.5, 0.6) is 0 Å². The van der Waals surface area contributed by atoms with Crippen LogP contribution in [0.15, 0.2) is 21.9 Å². The molecule has 0 aliphatic rings. The van der Waals surface area contributed by atoms with Crippen molar-refractivity contribution < 1.29 is 8.42 Å². The van der Waals surface area contributed by atoms with Crippen LogP contribution < -0.4 is 10.0 Å². The first-order chi connectivity index (χ1) is 8.53. The minimum atomic E-state index is -3.51. The molecule has 0 saturated heterocycles. The van der Waals surface area contributed by atoms with Gasteiger partial charge in [0.1, 0.15) is 4.21 Å². The molecule has 0 spiro atoms. The van der Waals surface area contributed by atoms with E-state index in [0.717, 1.165) is 10.4 Å². The van der Waals surface area contributed by atoms with Crippen LogP contribution in [0.4, 0.5) is 5.13 Å². The summed E-state index contributed by atoms with van der Waals surface area (Å²) in [4.78, 5) is 4.94. The van der Waals surface area contributed by atoms with Crippen molar-refractivity contribution >= 4 is 37.8 Å². The molecule has 0 saturated carbocycles. The molecule has 0 amide bonds. The van der Waals surface area contributed by atoms with E-state index in [1.165, 1.54) is 22.7 Å². The molecule has 2 aromatic rings. The predicted molar refractivity (Wildman–Crippen MR) is 74.7 cm³/mol. The molecule has 0 bridgehead atoms. The van der Waals surface area contributed by atoms with Gasteiger partial charge in [-0.05, 0) is 25.6 Å². The van der Waals surface area contributed by atoms with Crippen molar-refractivity contribution in [2.24, 2.45) is 0 Å². The summed E-state index contributed by atoms with van der Waals surface area (Å²) in [6.45, 7) is 2.58. The van der Waals surface area contributed by atoms with Gasteiger partial charge < -0.3 is 5.32 Å². The number of hydrogen-bond acceptors (Lipinski definition) is 6. The number of aromatic nitrogens is 1. The molecule has 98 valence electrons. The van der Waals surface area contributed by atoms with Crippen LogP contribution in [0.3, 0.4) is 0 Å². The second kappa shape index (κ2) is 5.35. The Labute approximate surface area is 114 Å². The van der Waals surface area contributed by atoms with E-state index in [0.29, 0.717) is 15.9 Å². The van der Waals surface area contributed by atoms with Gasteiger partial charge in [0.05, 0.1) is 0 Å². The summed E-state index contributed by atoms with van der Waals surface area (Å²) < 4.78 is 27.0. The molecule has 5 nitrogen and oxygen atoms in total. The van der Waals surface area contributed by atoms with E-state index < -0.39 is 10.0 Å². The molecule has 2 N–H and O–H groups in total. The third-order valence-electron chi connectivity index (χ3n) is 2.25. The zero-order valence-electron chi connectivity index (χ0n) is 9.93. The minimum Gasteiger partial charge on any atom is -0.315 e. The van der Waals surface area contributed by atoms with Crippen LogP contribution in [0, 0.1) is 6.92 Å². The summed E-state index contributed by atoms with van der Waals surface area (Å²) in [6.07, 6.45) is 1.56. The molecular formula is C10H13N3O2S3. The molecule has 0 aliphatic carbocycles. The number of aryl methyl sites for hydroxylation is 1. The Kier molecular flexibility index (Phi) is 4.00. The fraction of sp³-hybridized carbons (Fsp3) is 0.300. The van der Waals surface area contributed by atoms with Gasteiger partial charge in [-0.15, -0.1) is 22.7 Å². The monoisotopic (exact) mass is 303 g/mol. The average Bonchev–Trinajstić information content (AvgIpc) is 2.90. The topological polar surface area (TPSA) is 71.1 Å². The first-order valence-electron chi connectivity index (χ1n) is 5.19. The van der Waals surface area contributed by atoms with Crippen LogP contribution in [0.2, 0.25) is 0 Å². The molecular weight excluding hydrogens is 290 g/mol. The lowest BCUT2D eigenvalue weighted by Crippen LogP contribution is -2.11. The summed E-state index contributed by atoms with van der Waals surface area (Å²) in [5.74, 6) is 0. The highest BCUT2D eigenvalue weighted by Crippen LogP contribution is 2.27. The van der Waals surface area contributed by atoms with E-state index in [1.54, 1.807) is 17.6 Å². The molecule has 0 unspecified atom stereocenters. The van der Waals surface area contributed by atoms with Crippen molar-refractivity contribution in [3.63, 3.8) is 0 Å². The van der Waals surface area contributed by atoms with Crippen molar-refractivity contribution in [3.05, 3.63) is 28.1 Å². The normalized spacial score (nSPS) is 11.7. The summed E-state index contributed by atoms with van der Waals surface area (Å²) in [5.41, 5.74) is 0.980. The zero-order valence-corrected chi connectivity index (χ0v) is 12.4. The summed E-state index contributed by atoms with van der Waals surface area (Å²) in [6, 6.07) is 1.69. The van der Waals surface area contributed by atoms with Crippen LogP contribution in [-0.2, 0) is 16.6 Å². The lowest BCUT2D eigenvalue weighted by atomic mass is 10.3. The third kappa shape index (κ3) is 2.89. The van der Waals surface area contributed by atoms with Crippen LogP contribution in [-0.4, -0.2) is 20.4 Å². The Morgan fingerprint density at radius 3 is 2.83 bits per heavy atom. The number of rotatable bonds is 5. The van der Waals surface area contributed by atoms with E-state index in [9.17, 15) is 8.42 Å². The first-order valence-corrected chi connectivity index (χ1v) is 8.37. The van der Waals surface area contributed by atoms with Gasteiger partial charge >= 0.3 is 0 Å². The van der Waals surface area contributed by atoms with Crippen LogP contribution in [0.1, 0.15) is 10.4 Å². The minimum absolute atomic E-state index is 0.320. The number of nitrogens with one attached hydrogen (secondary N) is 2. The van der Waals surface area contributed by atoms with Gasteiger partial charge in [0.2, 0.25) is 0 Å². The number of thiophene rings is 1. The van der Waals surface area contributed by atoms with Crippen molar-refractivity contribution in [2.45, 2.75) is 17.7 Å². The highest BCUT2D eigenvalue weighted by atomic mass is 32.2. The van der Waals surface area contributed by atoms with Gasteiger partial charge in [-0.1, -0.05) is 0 Å². The highest BCUT2D eigenvalue weighted by Gasteiger charge is 2.19. The quantitative estimate of drug-likeness (QED) is 0.886. The number of sulfonamides is 1. The molecule has 0 fully saturated rings. The number of hydrogen-bond donors (Lipinski definition) is 2. The molecule has 2 aromatic heterocycles. The number of anilines is 1. The van der Waals surface area contributed by atoms with E-state index in [-0.39, 0.29) is 0 Å². The number of nitrogens with zero attached hydrogens (tertiary/aromatic N) is 1. The Morgan fingerprint density at radius 2 is 2.22 bits per heavy atom. The molecule has 2 heterocycles. The number of thiazole rings is 1. The van der Waals surface area contributed by atoms with Gasteiger partial charge in [0, 0.05) is 23.0 Å². The van der Waals surface area contributed by atoms with E-state index >= 15 is 0 Å². The van der Waals surface area contributed by atoms with Crippen LogP contribution in [0.25, 0.3) is 0 Å². The largest absolute Gasteiger partial charge is 0.315 e. The molecule has 18 heavy (non-hydrogen) atoms. The van der Waals surface area contributed by atoms with Gasteiger partial charge in [-0.25, -0.2) is 13.4 Å². The average molecular weight is 303 g/mol. The summed E-state index contributed by atoms with van der Waals surface area (Å²) in [7, 11) is -1.68. The molecule has 0 aliphatic heterocycles. The Hall–Kier alpha value is -0.960. The molecule has 2 rings (SSSR count). The smallest absolute Gasteiger partial charge is 0.273 e. The van der Waals surface area contributed by atoms with Crippen molar-refractivity contribution in [1.82, 2.24) is 10.3 Å². The summed E-state index contributed by atoms with van der Waals surface area (Å²) in [5, 5.41) is 5.13. The lowest BCUT2D eigenvalue weighted by molar-refractivity contribution is 0.603. The Morgan fingerprint density at radius 1 is 1.44 bits per heavy atom. The summed E-state index contributed by atoms with van der Waals surface area (Å²) >= 11 is 2.53. The van der Waals surface area contributed by atoms with Crippen LogP contribution >= 0.6 is 22.7 Å². The van der Waals surface area contributed by atoms with E-state index in [4.69, 9.17) is 0 Å². The second-order valence-corrected chi connectivity index (χ2v) is 7.59.